The van der Waals surface area contributed by atoms with Gasteiger partial charge in [0, 0.05) is 19.0 Å². The maximum atomic E-state index is 12.2. The standard InChI is InChI=1S/C15H23NO3/c1-5-16(6-2)10-9-14(17)13-8-7-12(18-3)11-15(13)19-4/h7-8,11H,5-6,9-10H2,1-4H3. The van der Waals surface area contributed by atoms with Crippen LogP contribution >= 0.6 is 0 Å². The number of benzene rings is 1. The Labute approximate surface area is 115 Å². The summed E-state index contributed by atoms with van der Waals surface area (Å²) in [6.07, 6.45) is 0.504. The average Bonchev–Trinajstić information content (AvgIpc) is 2.47. The zero-order chi connectivity index (χ0) is 14.3. The molecule has 0 aliphatic rings. The van der Waals surface area contributed by atoms with E-state index in [4.69, 9.17) is 9.47 Å². The molecule has 0 radical (unpaired) electrons. The second-order valence-electron chi connectivity index (χ2n) is 4.27. The van der Waals surface area contributed by atoms with Gasteiger partial charge in [0.05, 0.1) is 19.8 Å². The summed E-state index contributed by atoms with van der Waals surface area (Å²) in [5.41, 5.74) is 0.621. The number of ether oxygens (including phenoxy) is 2. The van der Waals surface area contributed by atoms with Crippen molar-refractivity contribution < 1.29 is 14.3 Å². The SMILES string of the molecule is CCN(CC)CCC(=O)c1ccc(OC)cc1OC. The van der Waals surface area contributed by atoms with Gasteiger partial charge < -0.3 is 14.4 Å². The fourth-order valence-corrected chi connectivity index (χ4v) is 1.96. The predicted octanol–water partition coefficient (Wildman–Crippen LogP) is 2.62. The van der Waals surface area contributed by atoms with Crippen LogP contribution in [0.5, 0.6) is 11.5 Å². The Morgan fingerprint density at radius 1 is 1.16 bits per heavy atom. The van der Waals surface area contributed by atoms with Crippen molar-refractivity contribution in [2.24, 2.45) is 0 Å². The van der Waals surface area contributed by atoms with E-state index in [1.807, 2.05) is 0 Å². The highest BCUT2D eigenvalue weighted by Crippen LogP contribution is 2.25. The first-order chi connectivity index (χ1) is 9.15. The zero-order valence-corrected chi connectivity index (χ0v) is 12.2. The Balaban J connectivity index is 2.76. The van der Waals surface area contributed by atoms with Crippen molar-refractivity contribution in [1.29, 1.82) is 0 Å². The van der Waals surface area contributed by atoms with Gasteiger partial charge in [-0.2, -0.15) is 0 Å². The van der Waals surface area contributed by atoms with E-state index in [0.717, 1.165) is 19.6 Å². The van der Waals surface area contributed by atoms with Crippen LogP contribution in [-0.2, 0) is 0 Å². The summed E-state index contributed by atoms with van der Waals surface area (Å²) in [7, 11) is 3.16. The summed E-state index contributed by atoms with van der Waals surface area (Å²) in [6, 6.07) is 5.29. The Kier molecular flexibility index (Phi) is 6.36. The van der Waals surface area contributed by atoms with Gasteiger partial charge in [-0.25, -0.2) is 0 Å². The summed E-state index contributed by atoms with van der Waals surface area (Å²) in [5.74, 6) is 1.37. The number of ketones is 1. The van der Waals surface area contributed by atoms with Crippen molar-refractivity contribution in [3.63, 3.8) is 0 Å². The highest BCUT2D eigenvalue weighted by molar-refractivity contribution is 5.99. The van der Waals surface area contributed by atoms with Crippen LogP contribution in [0.4, 0.5) is 0 Å². The van der Waals surface area contributed by atoms with Crippen molar-refractivity contribution in [2.45, 2.75) is 20.3 Å². The molecule has 106 valence electrons. The van der Waals surface area contributed by atoms with E-state index in [2.05, 4.69) is 18.7 Å². The van der Waals surface area contributed by atoms with E-state index in [0.29, 0.717) is 23.5 Å². The maximum Gasteiger partial charge on any atom is 0.167 e. The predicted molar refractivity (Wildman–Crippen MR) is 76.3 cm³/mol. The molecule has 0 amide bonds. The number of Topliss-reactive ketones (excluding diaryl/α,β-unsaturated/α-hetero) is 1. The fourth-order valence-electron chi connectivity index (χ4n) is 1.96. The monoisotopic (exact) mass is 265 g/mol. The van der Waals surface area contributed by atoms with Crippen LogP contribution in [0.3, 0.4) is 0 Å². The number of carbonyl (C=O) groups excluding carboxylic acids is 1. The summed E-state index contributed by atoms with van der Waals surface area (Å²) in [4.78, 5) is 14.4. The van der Waals surface area contributed by atoms with Crippen LogP contribution in [0, 0.1) is 0 Å². The van der Waals surface area contributed by atoms with Gasteiger partial charge in [-0.05, 0) is 25.2 Å². The number of hydrogen-bond acceptors (Lipinski definition) is 4. The van der Waals surface area contributed by atoms with Crippen LogP contribution in [-0.4, -0.2) is 44.5 Å². The van der Waals surface area contributed by atoms with Gasteiger partial charge in [0.15, 0.2) is 5.78 Å². The average molecular weight is 265 g/mol. The molecule has 0 aliphatic heterocycles. The normalized spacial score (nSPS) is 10.6. The van der Waals surface area contributed by atoms with Gasteiger partial charge in [0.1, 0.15) is 11.5 Å². The first-order valence-electron chi connectivity index (χ1n) is 6.63. The molecule has 0 N–H and O–H groups in total. The molecule has 19 heavy (non-hydrogen) atoms. The smallest absolute Gasteiger partial charge is 0.167 e. The molecular formula is C15H23NO3. The van der Waals surface area contributed by atoms with Gasteiger partial charge >= 0.3 is 0 Å². The van der Waals surface area contributed by atoms with Crippen LogP contribution in [0.15, 0.2) is 18.2 Å². The third kappa shape index (κ3) is 4.24. The van der Waals surface area contributed by atoms with E-state index < -0.39 is 0 Å². The Morgan fingerprint density at radius 3 is 2.37 bits per heavy atom. The van der Waals surface area contributed by atoms with E-state index >= 15 is 0 Å². The minimum atomic E-state index is 0.103. The topological polar surface area (TPSA) is 38.8 Å². The molecule has 1 aromatic carbocycles. The molecule has 0 aromatic heterocycles. The molecule has 0 unspecified atom stereocenters. The number of rotatable bonds is 8. The second-order valence-corrected chi connectivity index (χ2v) is 4.27. The molecule has 4 nitrogen and oxygen atoms in total. The van der Waals surface area contributed by atoms with Crippen molar-refractivity contribution >= 4 is 5.78 Å². The number of methoxy groups -OCH3 is 2. The number of hydrogen-bond donors (Lipinski definition) is 0. The molecule has 0 saturated heterocycles. The van der Waals surface area contributed by atoms with E-state index in [1.165, 1.54) is 0 Å². The van der Waals surface area contributed by atoms with E-state index in [9.17, 15) is 4.79 Å². The minimum Gasteiger partial charge on any atom is -0.497 e. The molecule has 4 heteroatoms. The quantitative estimate of drug-likeness (QED) is 0.677. The summed E-state index contributed by atoms with van der Waals surface area (Å²) in [6.45, 7) is 6.90. The molecule has 0 spiro atoms. The Morgan fingerprint density at radius 2 is 1.84 bits per heavy atom. The molecular weight excluding hydrogens is 242 g/mol. The lowest BCUT2D eigenvalue weighted by atomic mass is 10.1. The summed E-state index contributed by atoms with van der Waals surface area (Å²) >= 11 is 0. The first-order valence-corrected chi connectivity index (χ1v) is 6.63. The van der Waals surface area contributed by atoms with E-state index in [-0.39, 0.29) is 5.78 Å². The molecule has 0 atom stereocenters. The molecule has 1 aromatic rings. The lowest BCUT2D eigenvalue weighted by Gasteiger charge is -2.17. The zero-order valence-electron chi connectivity index (χ0n) is 12.2. The second kappa shape index (κ2) is 7.79. The summed E-state index contributed by atoms with van der Waals surface area (Å²) < 4.78 is 10.4. The van der Waals surface area contributed by atoms with Gasteiger partial charge in [-0.15, -0.1) is 0 Å². The highest BCUT2D eigenvalue weighted by Gasteiger charge is 2.14. The molecule has 0 saturated carbocycles. The van der Waals surface area contributed by atoms with Crippen LogP contribution in [0.1, 0.15) is 30.6 Å². The summed E-state index contributed by atoms with van der Waals surface area (Å²) in [5, 5.41) is 0. The fraction of sp³-hybridized carbons (Fsp3) is 0.533. The van der Waals surface area contributed by atoms with Crippen LogP contribution in [0.2, 0.25) is 0 Å². The Bertz CT molecular complexity index is 414. The lowest BCUT2D eigenvalue weighted by molar-refractivity contribution is 0.0963. The van der Waals surface area contributed by atoms with Crippen molar-refractivity contribution in [3.05, 3.63) is 23.8 Å². The molecule has 1 rings (SSSR count). The van der Waals surface area contributed by atoms with E-state index in [1.54, 1.807) is 32.4 Å². The maximum absolute atomic E-state index is 12.2. The molecule has 0 aliphatic carbocycles. The van der Waals surface area contributed by atoms with Crippen molar-refractivity contribution in [1.82, 2.24) is 4.90 Å². The van der Waals surface area contributed by atoms with Gasteiger partial charge in [-0.1, -0.05) is 13.8 Å². The van der Waals surface area contributed by atoms with Crippen LogP contribution in [0.25, 0.3) is 0 Å². The minimum absolute atomic E-state index is 0.103. The number of nitrogens with zero attached hydrogens (tertiary/aromatic N) is 1. The third-order valence-corrected chi connectivity index (χ3v) is 3.26. The van der Waals surface area contributed by atoms with Crippen molar-refractivity contribution in [3.8, 4) is 11.5 Å². The van der Waals surface area contributed by atoms with Gasteiger partial charge in [-0.3, -0.25) is 4.79 Å². The molecule has 0 heterocycles. The lowest BCUT2D eigenvalue weighted by Crippen LogP contribution is -2.25. The van der Waals surface area contributed by atoms with Gasteiger partial charge in [0.25, 0.3) is 0 Å². The molecule has 0 fully saturated rings. The third-order valence-electron chi connectivity index (χ3n) is 3.26. The number of carbonyl (C=O) groups is 1. The van der Waals surface area contributed by atoms with Crippen LogP contribution < -0.4 is 9.47 Å². The van der Waals surface area contributed by atoms with Crippen molar-refractivity contribution in [2.75, 3.05) is 33.9 Å². The van der Waals surface area contributed by atoms with Gasteiger partial charge in [0.2, 0.25) is 0 Å². The highest BCUT2D eigenvalue weighted by atomic mass is 16.5. The first kappa shape index (κ1) is 15.5. The largest absolute Gasteiger partial charge is 0.497 e. The Hall–Kier alpha value is -1.55. The molecule has 0 bridgehead atoms.